The van der Waals surface area contributed by atoms with E-state index in [1.807, 2.05) is 6.92 Å². The second-order valence-corrected chi connectivity index (χ2v) is 3.29. The predicted molar refractivity (Wildman–Crippen MR) is 66.1 cm³/mol. The number of hydrogen-bond donors (Lipinski definition) is 2. The molecule has 1 amide bonds. The number of amides is 1. The quantitative estimate of drug-likeness (QED) is 0.527. The molecule has 0 saturated carbocycles. The fourth-order valence-corrected chi connectivity index (χ4v) is 1.05. The van der Waals surface area contributed by atoms with Crippen LogP contribution in [0.15, 0.2) is 0 Å². The minimum atomic E-state index is -0.732. The minimum absolute atomic E-state index is 0. The Balaban J connectivity index is 0. The summed E-state index contributed by atoms with van der Waals surface area (Å²) in [6.45, 7) is 2.63. The number of halogens is 1. The largest absolute Gasteiger partial charge is 0.467 e. The molecule has 0 bridgehead atoms. The highest BCUT2D eigenvalue weighted by atomic mass is 35.5. The van der Waals surface area contributed by atoms with E-state index >= 15 is 0 Å². The molecule has 1 atom stereocenters. The van der Waals surface area contributed by atoms with Crippen LogP contribution in [0.5, 0.6) is 0 Å². The van der Waals surface area contributed by atoms with Gasteiger partial charge in [-0.05, 0) is 19.4 Å². The topological polar surface area (TPSA) is 90.6 Å². The molecule has 0 aromatic rings. The van der Waals surface area contributed by atoms with Crippen LogP contribution in [-0.2, 0) is 14.3 Å². The number of hydrogen-bond acceptors (Lipinski definition) is 5. The molecule has 0 heterocycles. The molecule has 7 heteroatoms. The Morgan fingerprint density at radius 2 is 2.06 bits per heavy atom. The molecule has 0 rings (SSSR count). The Morgan fingerprint density at radius 3 is 2.53 bits per heavy atom. The van der Waals surface area contributed by atoms with Crippen molar-refractivity contribution in [3.05, 3.63) is 0 Å². The van der Waals surface area contributed by atoms with Gasteiger partial charge in [-0.2, -0.15) is 0 Å². The van der Waals surface area contributed by atoms with Gasteiger partial charge in [-0.25, -0.2) is 9.59 Å². The van der Waals surface area contributed by atoms with Crippen LogP contribution in [0.2, 0.25) is 0 Å². The summed E-state index contributed by atoms with van der Waals surface area (Å²) >= 11 is 0. The van der Waals surface area contributed by atoms with E-state index in [0.717, 1.165) is 12.8 Å². The Kier molecular flexibility index (Phi) is 12.4. The van der Waals surface area contributed by atoms with Crippen molar-refractivity contribution < 1.29 is 19.1 Å². The summed E-state index contributed by atoms with van der Waals surface area (Å²) in [5.41, 5.74) is 5.32. The fraction of sp³-hybridized carbons (Fsp3) is 0.800. The van der Waals surface area contributed by atoms with E-state index in [9.17, 15) is 9.59 Å². The standard InChI is InChI=1S/C10H20N2O4.ClH/c1-3-4-7-16-10(14)12-8(5-6-11)9(13)15-2;/h8H,3-7,11H2,1-2H3,(H,12,14);1H/t8-;/m1./s1. The summed E-state index contributed by atoms with van der Waals surface area (Å²) in [6.07, 6.45) is 1.46. The molecule has 0 radical (unpaired) electrons. The second-order valence-electron chi connectivity index (χ2n) is 3.29. The van der Waals surface area contributed by atoms with Gasteiger partial charge in [0.15, 0.2) is 0 Å². The average Bonchev–Trinajstić information content (AvgIpc) is 2.28. The van der Waals surface area contributed by atoms with Gasteiger partial charge in [-0.15, -0.1) is 12.4 Å². The SMILES string of the molecule is CCCCOC(=O)N[C@H](CCN)C(=O)OC.Cl. The lowest BCUT2D eigenvalue weighted by atomic mass is 10.2. The summed E-state index contributed by atoms with van der Waals surface area (Å²) in [5, 5.41) is 2.41. The molecule has 0 aliphatic carbocycles. The number of carbonyl (C=O) groups excluding carboxylic acids is 2. The number of ether oxygens (including phenoxy) is 2. The summed E-state index contributed by atoms with van der Waals surface area (Å²) < 4.78 is 9.38. The van der Waals surface area contributed by atoms with Crippen LogP contribution in [0, 0.1) is 0 Å². The zero-order chi connectivity index (χ0) is 12.4. The number of nitrogens with two attached hydrogens (primary N) is 1. The van der Waals surface area contributed by atoms with Gasteiger partial charge in [-0.3, -0.25) is 0 Å². The first-order chi connectivity index (χ1) is 7.65. The molecule has 0 saturated heterocycles. The first-order valence-corrected chi connectivity index (χ1v) is 5.36. The second kappa shape index (κ2) is 11.5. The van der Waals surface area contributed by atoms with Gasteiger partial charge < -0.3 is 20.5 Å². The molecule has 0 aliphatic rings. The third-order valence-corrected chi connectivity index (χ3v) is 1.96. The summed E-state index contributed by atoms with van der Waals surface area (Å²) in [5.74, 6) is -0.516. The van der Waals surface area contributed by atoms with Crippen LogP contribution in [0.3, 0.4) is 0 Å². The van der Waals surface area contributed by atoms with Gasteiger partial charge >= 0.3 is 12.1 Å². The maximum atomic E-state index is 11.2. The van der Waals surface area contributed by atoms with Crippen molar-refractivity contribution in [1.29, 1.82) is 0 Å². The van der Waals surface area contributed by atoms with Crippen molar-refractivity contribution in [2.45, 2.75) is 32.2 Å². The van der Waals surface area contributed by atoms with Gasteiger partial charge in [0.25, 0.3) is 0 Å². The average molecular weight is 269 g/mol. The third-order valence-electron chi connectivity index (χ3n) is 1.96. The molecular formula is C10H21ClN2O4. The Hall–Kier alpha value is -1.01. The summed E-state index contributed by atoms with van der Waals surface area (Å²) in [7, 11) is 1.26. The molecular weight excluding hydrogens is 248 g/mol. The lowest BCUT2D eigenvalue weighted by molar-refractivity contribution is -0.143. The number of esters is 1. The zero-order valence-electron chi connectivity index (χ0n) is 10.2. The first-order valence-electron chi connectivity index (χ1n) is 5.36. The Bertz CT molecular complexity index is 226. The van der Waals surface area contributed by atoms with Crippen LogP contribution >= 0.6 is 12.4 Å². The van der Waals surface area contributed by atoms with E-state index in [1.165, 1.54) is 7.11 Å². The van der Waals surface area contributed by atoms with Crippen molar-refractivity contribution >= 4 is 24.5 Å². The van der Waals surface area contributed by atoms with E-state index in [1.54, 1.807) is 0 Å². The van der Waals surface area contributed by atoms with Gasteiger partial charge in [0.05, 0.1) is 13.7 Å². The van der Waals surface area contributed by atoms with Crippen molar-refractivity contribution in [2.24, 2.45) is 5.73 Å². The van der Waals surface area contributed by atoms with Crippen LogP contribution in [0.25, 0.3) is 0 Å². The highest BCUT2D eigenvalue weighted by Gasteiger charge is 2.20. The molecule has 0 aliphatic heterocycles. The smallest absolute Gasteiger partial charge is 0.407 e. The molecule has 17 heavy (non-hydrogen) atoms. The summed E-state index contributed by atoms with van der Waals surface area (Å²) in [6, 6.07) is -0.732. The molecule has 0 fully saturated rings. The number of unbranched alkanes of at least 4 members (excludes halogenated alkanes) is 1. The van der Waals surface area contributed by atoms with Crippen molar-refractivity contribution in [3.8, 4) is 0 Å². The van der Waals surface area contributed by atoms with Gasteiger partial charge in [-0.1, -0.05) is 13.3 Å². The molecule has 0 spiro atoms. The van der Waals surface area contributed by atoms with Crippen LogP contribution in [0.4, 0.5) is 4.79 Å². The molecule has 6 nitrogen and oxygen atoms in total. The number of rotatable bonds is 7. The number of methoxy groups -OCH3 is 1. The van der Waals surface area contributed by atoms with E-state index in [-0.39, 0.29) is 19.0 Å². The number of alkyl carbamates (subject to hydrolysis) is 1. The molecule has 3 N–H and O–H groups in total. The lowest BCUT2D eigenvalue weighted by Gasteiger charge is -2.15. The normalized spacial score (nSPS) is 11.0. The monoisotopic (exact) mass is 268 g/mol. The van der Waals surface area contributed by atoms with Crippen LogP contribution < -0.4 is 11.1 Å². The fourth-order valence-electron chi connectivity index (χ4n) is 1.05. The molecule has 102 valence electrons. The van der Waals surface area contributed by atoms with E-state index < -0.39 is 18.1 Å². The van der Waals surface area contributed by atoms with Crippen LogP contribution in [-0.4, -0.2) is 38.4 Å². The lowest BCUT2D eigenvalue weighted by Crippen LogP contribution is -2.43. The van der Waals surface area contributed by atoms with E-state index in [4.69, 9.17) is 10.5 Å². The van der Waals surface area contributed by atoms with Gasteiger partial charge in [0.2, 0.25) is 0 Å². The van der Waals surface area contributed by atoms with Crippen molar-refractivity contribution in [2.75, 3.05) is 20.3 Å². The Labute approximate surface area is 108 Å². The number of nitrogens with one attached hydrogen (secondary N) is 1. The zero-order valence-corrected chi connectivity index (χ0v) is 11.0. The predicted octanol–water partition coefficient (Wildman–Crippen LogP) is 0.825. The maximum absolute atomic E-state index is 11.2. The highest BCUT2D eigenvalue weighted by molar-refractivity contribution is 5.85. The highest BCUT2D eigenvalue weighted by Crippen LogP contribution is 1.95. The first kappa shape index (κ1) is 18.4. The van der Waals surface area contributed by atoms with E-state index in [0.29, 0.717) is 13.0 Å². The van der Waals surface area contributed by atoms with Crippen molar-refractivity contribution in [1.82, 2.24) is 5.32 Å². The van der Waals surface area contributed by atoms with E-state index in [2.05, 4.69) is 10.1 Å². The molecule has 0 unspecified atom stereocenters. The third kappa shape index (κ3) is 8.76. The summed E-state index contributed by atoms with van der Waals surface area (Å²) in [4.78, 5) is 22.5. The molecule has 0 aromatic heterocycles. The number of carbonyl (C=O) groups is 2. The maximum Gasteiger partial charge on any atom is 0.407 e. The van der Waals surface area contributed by atoms with Gasteiger partial charge in [0.1, 0.15) is 6.04 Å². The minimum Gasteiger partial charge on any atom is -0.467 e. The van der Waals surface area contributed by atoms with Crippen molar-refractivity contribution in [3.63, 3.8) is 0 Å². The van der Waals surface area contributed by atoms with Crippen LogP contribution in [0.1, 0.15) is 26.2 Å². The Morgan fingerprint density at radius 1 is 1.41 bits per heavy atom. The molecule has 0 aromatic carbocycles. The van der Waals surface area contributed by atoms with Gasteiger partial charge in [0, 0.05) is 0 Å².